The van der Waals surface area contributed by atoms with Crippen molar-refractivity contribution in [2.45, 2.75) is 43.4 Å². The van der Waals surface area contributed by atoms with E-state index >= 15 is 0 Å². The second kappa shape index (κ2) is 6.93. The van der Waals surface area contributed by atoms with E-state index in [0.29, 0.717) is 17.9 Å². The molecule has 1 aromatic carbocycles. The number of nitrogens with zero attached hydrogens (tertiary/aromatic N) is 2. The van der Waals surface area contributed by atoms with Crippen LogP contribution < -0.4 is 5.32 Å². The fourth-order valence-corrected chi connectivity index (χ4v) is 6.10. The lowest BCUT2D eigenvalue weighted by Crippen LogP contribution is -2.56. The van der Waals surface area contributed by atoms with Crippen LogP contribution in [0.3, 0.4) is 0 Å². The first-order chi connectivity index (χ1) is 13.2. The summed E-state index contributed by atoms with van der Waals surface area (Å²) in [6.45, 7) is 0. The van der Waals surface area contributed by atoms with Crippen LogP contribution in [0.2, 0.25) is 0 Å². The molecule has 27 heavy (non-hydrogen) atoms. The van der Waals surface area contributed by atoms with E-state index in [1.54, 1.807) is 18.2 Å². The van der Waals surface area contributed by atoms with Gasteiger partial charge >= 0.3 is 0 Å². The number of hydrogen-bond acceptors (Lipinski definition) is 5. The van der Waals surface area contributed by atoms with Gasteiger partial charge in [0.25, 0.3) is 11.1 Å². The molecule has 6 rings (SSSR count). The molecule has 1 heterocycles. The first kappa shape index (κ1) is 17.2. The van der Waals surface area contributed by atoms with Crippen molar-refractivity contribution < 1.29 is 13.6 Å². The van der Waals surface area contributed by atoms with Crippen molar-refractivity contribution in [3.05, 3.63) is 30.1 Å². The van der Waals surface area contributed by atoms with Gasteiger partial charge in [0.15, 0.2) is 0 Å². The number of carbonyl (C=O) groups excluding carboxylic acids is 1. The molecule has 4 aliphatic rings. The number of carbonyl (C=O) groups is 1. The van der Waals surface area contributed by atoms with Gasteiger partial charge in [-0.3, -0.25) is 4.79 Å². The number of benzene rings is 1. The Bertz CT molecular complexity index is 827. The first-order valence-electron chi connectivity index (χ1n) is 9.66. The Hall–Kier alpha value is -1.89. The van der Waals surface area contributed by atoms with E-state index in [2.05, 4.69) is 15.5 Å². The summed E-state index contributed by atoms with van der Waals surface area (Å²) in [7, 11) is 0. The summed E-state index contributed by atoms with van der Waals surface area (Å²) in [5, 5.41) is 11.4. The maximum atomic E-state index is 13.8. The highest BCUT2D eigenvalue weighted by molar-refractivity contribution is 7.99. The minimum absolute atomic E-state index is 0.0168. The smallest absolute Gasteiger partial charge is 0.277 e. The van der Waals surface area contributed by atoms with Crippen molar-refractivity contribution in [3.63, 3.8) is 0 Å². The van der Waals surface area contributed by atoms with Crippen LogP contribution in [0.1, 0.15) is 32.1 Å². The van der Waals surface area contributed by atoms with Crippen molar-refractivity contribution in [3.8, 4) is 11.5 Å². The van der Waals surface area contributed by atoms with E-state index < -0.39 is 5.82 Å². The topological polar surface area (TPSA) is 68.0 Å². The van der Waals surface area contributed by atoms with Gasteiger partial charge in [-0.15, -0.1) is 10.2 Å². The fraction of sp³-hybridized carbons (Fsp3) is 0.550. The van der Waals surface area contributed by atoms with Crippen molar-refractivity contribution in [2.24, 2.45) is 23.7 Å². The summed E-state index contributed by atoms with van der Waals surface area (Å²) in [6, 6.07) is 6.61. The van der Waals surface area contributed by atoms with Crippen LogP contribution >= 0.6 is 11.8 Å². The summed E-state index contributed by atoms with van der Waals surface area (Å²) < 4.78 is 19.3. The van der Waals surface area contributed by atoms with Gasteiger partial charge in [0.1, 0.15) is 5.82 Å². The van der Waals surface area contributed by atoms with E-state index in [0.717, 1.165) is 11.8 Å². The van der Waals surface area contributed by atoms with Crippen LogP contribution in [-0.2, 0) is 4.79 Å². The van der Waals surface area contributed by atoms with Gasteiger partial charge in [0.2, 0.25) is 5.91 Å². The Morgan fingerprint density at radius 2 is 1.81 bits per heavy atom. The lowest BCUT2D eigenvalue weighted by molar-refractivity contribution is -0.122. The number of thioether (sulfide) groups is 1. The van der Waals surface area contributed by atoms with Crippen molar-refractivity contribution in [1.29, 1.82) is 0 Å². The number of nitrogens with one attached hydrogen (secondary N) is 1. The van der Waals surface area contributed by atoms with E-state index in [1.165, 1.54) is 49.9 Å². The highest BCUT2D eigenvalue weighted by Crippen LogP contribution is 2.53. The molecule has 7 heteroatoms. The zero-order valence-electron chi connectivity index (χ0n) is 14.9. The number of halogens is 1. The van der Waals surface area contributed by atoms with Crippen LogP contribution in [0.4, 0.5) is 4.39 Å². The van der Waals surface area contributed by atoms with Crippen LogP contribution in [0.25, 0.3) is 11.5 Å². The Morgan fingerprint density at radius 1 is 1.11 bits per heavy atom. The monoisotopic (exact) mass is 387 g/mol. The maximum Gasteiger partial charge on any atom is 0.277 e. The van der Waals surface area contributed by atoms with Crippen LogP contribution in [-0.4, -0.2) is 27.9 Å². The molecule has 4 bridgehead atoms. The van der Waals surface area contributed by atoms with Crippen molar-refractivity contribution in [1.82, 2.24) is 15.5 Å². The number of rotatable bonds is 5. The molecular formula is C20H22FN3O2S. The normalized spacial score (nSPS) is 31.2. The third kappa shape index (κ3) is 3.37. The SMILES string of the molecule is O=C(CSc1nnc(-c2ccccc2F)o1)NC1C2CC3CC(C2)CC1C3. The first-order valence-corrected chi connectivity index (χ1v) is 10.6. The minimum atomic E-state index is -0.405. The molecule has 2 aromatic rings. The Kier molecular flexibility index (Phi) is 4.42. The molecule has 1 aromatic heterocycles. The molecule has 0 unspecified atom stereocenters. The Balaban J connectivity index is 1.18. The molecule has 0 saturated heterocycles. The van der Waals surface area contributed by atoms with Gasteiger partial charge in [-0.05, 0) is 67.9 Å². The quantitative estimate of drug-likeness (QED) is 0.788. The average Bonchev–Trinajstić information content (AvgIpc) is 3.11. The number of aromatic nitrogens is 2. The van der Waals surface area contributed by atoms with E-state index in [1.807, 2.05) is 0 Å². The molecule has 0 radical (unpaired) electrons. The Morgan fingerprint density at radius 3 is 2.52 bits per heavy atom. The molecule has 5 nitrogen and oxygen atoms in total. The molecule has 4 aliphatic carbocycles. The lowest BCUT2D eigenvalue weighted by Gasteiger charge is -2.54. The highest BCUT2D eigenvalue weighted by Gasteiger charge is 2.48. The maximum absolute atomic E-state index is 13.8. The molecule has 0 atom stereocenters. The predicted octanol–water partition coefficient (Wildman–Crippen LogP) is 3.91. The summed E-state index contributed by atoms with van der Waals surface area (Å²) in [5.74, 6) is 3.09. The number of hydrogen-bond donors (Lipinski definition) is 1. The van der Waals surface area contributed by atoms with Gasteiger partial charge in [0, 0.05) is 6.04 Å². The molecule has 142 valence electrons. The van der Waals surface area contributed by atoms with Gasteiger partial charge in [0.05, 0.1) is 11.3 Å². The van der Waals surface area contributed by atoms with Crippen molar-refractivity contribution >= 4 is 17.7 Å². The second-order valence-electron chi connectivity index (χ2n) is 8.17. The summed E-state index contributed by atoms with van der Waals surface area (Å²) >= 11 is 1.20. The van der Waals surface area contributed by atoms with E-state index in [9.17, 15) is 9.18 Å². The van der Waals surface area contributed by atoms with Crippen LogP contribution in [0.5, 0.6) is 0 Å². The standard InChI is InChI=1S/C20H22FN3O2S/c21-16-4-2-1-3-15(16)19-23-24-20(26-19)27-10-17(25)22-18-13-6-11-5-12(8-13)9-14(18)7-11/h1-4,11-14,18H,5-10H2,(H,22,25). The van der Waals surface area contributed by atoms with Gasteiger partial charge < -0.3 is 9.73 Å². The van der Waals surface area contributed by atoms with Crippen LogP contribution in [0, 0.1) is 29.5 Å². The molecule has 0 aliphatic heterocycles. The van der Waals surface area contributed by atoms with Crippen LogP contribution in [0.15, 0.2) is 33.9 Å². The summed E-state index contributed by atoms with van der Waals surface area (Å²) in [4.78, 5) is 12.5. The van der Waals surface area contributed by atoms with E-state index in [4.69, 9.17) is 4.42 Å². The zero-order chi connectivity index (χ0) is 18.4. The third-order valence-corrected chi connectivity index (χ3v) is 7.21. The molecule has 1 N–H and O–H groups in total. The second-order valence-corrected chi connectivity index (χ2v) is 9.09. The van der Waals surface area contributed by atoms with E-state index in [-0.39, 0.29) is 28.3 Å². The molecule has 4 fully saturated rings. The molecule has 0 spiro atoms. The fourth-order valence-electron chi connectivity index (χ4n) is 5.53. The van der Waals surface area contributed by atoms with Gasteiger partial charge in [-0.25, -0.2) is 4.39 Å². The largest absolute Gasteiger partial charge is 0.411 e. The molecular weight excluding hydrogens is 365 g/mol. The molecule has 1 amide bonds. The lowest BCUT2D eigenvalue weighted by atomic mass is 9.54. The third-order valence-electron chi connectivity index (χ3n) is 6.39. The Labute approximate surface area is 161 Å². The van der Waals surface area contributed by atoms with Gasteiger partial charge in [-0.2, -0.15) is 0 Å². The minimum Gasteiger partial charge on any atom is -0.411 e. The van der Waals surface area contributed by atoms with Gasteiger partial charge in [-0.1, -0.05) is 23.9 Å². The highest BCUT2D eigenvalue weighted by atomic mass is 32.2. The zero-order valence-corrected chi connectivity index (χ0v) is 15.8. The molecule has 4 saturated carbocycles. The predicted molar refractivity (Wildman–Crippen MR) is 99.4 cm³/mol. The number of amides is 1. The average molecular weight is 387 g/mol. The summed E-state index contributed by atoms with van der Waals surface area (Å²) in [6.07, 6.45) is 6.52. The summed E-state index contributed by atoms with van der Waals surface area (Å²) in [5.41, 5.74) is 0.273. The van der Waals surface area contributed by atoms with Crippen molar-refractivity contribution in [2.75, 3.05) is 5.75 Å².